The highest BCUT2D eigenvalue weighted by molar-refractivity contribution is 5.88. The summed E-state index contributed by atoms with van der Waals surface area (Å²) >= 11 is 0. The van der Waals surface area contributed by atoms with E-state index in [-0.39, 0.29) is 12.2 Å². The lowest BCUT2D eigenvalue weighted by Gasteiger charge is -2.35. The molecular weight excluding hydrogens is 629 g/mol. The van der Waals surface area contributed by atoms with Gasteiger partial charge >= 0.3 is 0 Å². The first-order chi connectivity index (χ1) is 25.0. The van der Waals surface area contributed by atoms with E-state index in [0.717, 1.165) is 44.9 Å². The Morgan fingerprint density at radius 3 is 1.29 bits per heavy atom. The second-order valence-electron chi connectivity index (χ2n) is 12.8. The highest BCUT2D eigenvalue weighted by atomic mass is 16.5. The van der Waals surface area contributed by atoms with Crippen molar-refractivity contribution in [2.45, 2.75) is 31.5 Å². The summed E-state index contributed by atoms with van der Waals surface area (Å²) in [6.07, 6.45) is 2.64. The van der Waals surface area contributed by atoms with Gasteiger partial charge in [-0.15, -0.1) is 0 Å². The fourth-order valence-corrected chi connectivity index (χ4v) is 7.31. The van der Waals surface area contributed by atoms with Crippen LogP contribution in [0, 0.1) is 0 Å². The van der Waals surface area contributed by atoms with Gasteiger partial charge in [0, 0.05) is 11.1 Å². The van der Waals surface area contributed by atoms with Crippen molar-refractivity contribution in [3.63, 3.8) is 0 Å². The zero-order chi connectivity index (χ0) is 35.2. The molecule has 2 unspecified atom stereocenters. The summed E-state index contributed by atoms with van der Waals surface area (Å²) in [7, 11) is 0. The zero-order valence-corrected chi connectivity index (χ0v) is 29.1. The van der Waals surface area contributed by atoms with E-state index in [1.807, 2.05) is 26.0 Å². The highest BCUT2D eigenvalue weighted by Crippen LogP contribution is 2.57. The molecule has 0 radical (unpaired) electrons. The van der Waals surface area contributed by atoms with Gasteiger partial charge in [-0.25, -0.2) is 0 Å². The summed E-state index contributed by atoms with van der Waals surface area (Å²) in [5.74, 6) is 1.59. The monoisotopic (exact) mass is 670 g/mol. The largest absolute Gasteiger partial charge is 0.495 e. The molecule has 1 aliphatic carbocycles. The molecule has 6 aromatic rings. The fourth-order valence-electron chi connectivity index (χ4n) is 7.31. The first-order valence-electron chi connectivity index (χ1n) is 17.4. The normalized spacial score (nSPS) is 13.6. The van der Waals surface area contributed by atoms with Crippen LogP contribution in [0.15, 0.2) is 171 Å². The second kappa shape index (κ2) is 14.9. The molecule has 4 heteroatoms. The molecule has 0 spiro atoms. The molecule has 7 rings (SSSR count). The number of fused-ring (bicyclic) bond motifs is 3. The van der Waals surface area contributed by atoms with Gasteiger partial charge in [0.25, 0.3) is 0 Å². The van der Waals surface area contributed by atoms with Crippen LogP contribution >= 0.6 is 0 Å². The van der Waals surface area contributed by atoms with E-state index in [9.17, 15) is 0 Å². The van der Waals surface area contributed by atoms with Crippen LogP contribution < -0.4 is 9.47 Å². The molecule has 1 aliphatic rings. The van der Waals surface area contributed by atoms with Gasteiger partial charge in [0.2, 0.25) is 0 Å². The molecule has 0 aliphatic heterocycles. The molecule has 0 N–H and O–H groups in total. The van der Waals surface area contributed by atoms with Crippen molar-refractivity contribution in [1.29, 1.82) is 0 Å². The molecule has 0 saturated carbocycles. The van der Waals surface area contributed by atoms with Crippen LogP contribution in [0.5, 0.6) is 11.5 Å². The smallest absolute Gasteiger partial charge is 0.129 e. The number of benzene rings is 6. The molecule has 4 nitrogen and oxygen atoms in total. The molecule has 0 aromatic heterocycles. The van der Waals surface area contributed by atoms with Gasteiger partial charge in [0.05, 0.1) is 17.9 Å². The van der Waals surface area contributed by atoms with Crippen LogP contribution in [0.2, 0.25) is 0 Å². The summed E-state index contributed by atoms with van der Waals surface area (Å²) in [4.78, 5) is 0. The highest BCUT2D eigenvalue weighted by Gasteiger charge is 2.46. The molecule has 0 amide bonds. The summed E-state index contributed by atoms with van der Waals surface area (Å²) in [5.41, 5.74) is 10.7. The van der Waals surface area contributed by atoms with Gasteiger partial charge in [-0.2, -0.15) is 0 Å². The van der Waals surface area contributed by atoms with Crippen LogP contribution in [0.4, 0.5) is 0 Å². The van der Waals surface area contributed by atoms with E-state index in [1.165, 1.54) is 34.8 Å². The first-order valence-corrected chi connectivity index (χ1v) is 17.4. The van der Waals surface area contributed by atoms with Gasteiger partial charge in [0.15, 0.2) is 0 Å². The van der Waals surface area contributed by atoms with Crippen molar-refractivity contribution < 1.29 is 18.9 Å². The summed E-state index contributed by atoms with van der Waals surface area (Å²) in [6, 6.07) is 51.7. The summed E-state index contributed by atoms with van der Waals surface area (Å²) < 4.78 is 24.1. The molecule has 0 saturated heterocycles. The Morgan fingerprint density at radius 2 is 0.882 bits per heavy atom. The predicted octanol–water partition coefficient (Wildman–Crippen LogP) is 11.2. The van der Waals surface area contributed by atoms with Crippen molar-refractivity contribution in [1.82, 2.24) is 0 Å². The lowest BCUT2D eigenvalue weighted by molar-refractivity contribution is 0.103. The van der Waals surface area contributed by atoms with Gasteiger partial charge in [0.1, 0.15) is 36.9 Å². The van der Waals surface area contributed by atoms with Crippen molar-refractivity contribution in [3.05, 3.63) is 194 Å². The Bertz CT molecular complexity index is 1980. The average molecular weight is 671 g/mol. The van der Waals surface area contributed by atoms with E-state index >= 15 is 0 Å². The number of ether oxygens (including phenoxy) is 4. The van der Waals surface area contributed by atoms with Crippen LogP contribution in [0.1, 0.15) is 36.1 Å². The van der Waals surface area contributed by atoms with E-state index < -0.39 is 5.41 Å². The maximum atomic E-state index is 6.45. The fraction of sp³-hybridized carbons (Fsp3) is 0.149. The van der Waals surface area contributed by atoms with Gasteiger partial charge < -0.3 is 18.9 Å². The molecule has 51 heavy (non-hydrogen) atoms. The van der Waals surface area contributed by atoms with E-state index in [1.54, 1.807) is 0 Å². The van der Waals surface area contributed by atoms with Crippen molar-refractivity contribution in [2.75, 3.05) is 13.2 Å². The number of hydrogen-bond acceptors (Lipinski definition) is 4. The van der Waals surface area contributed by atoms with Crippen LogP contribution in [0.25, 0.3) is 33.4 Å². The van der Waals surface area contributed by atoms with Crippen molar-refractivity contribution in [2.24, 2.45) is 0 Å². The third-order valence-corrected chi connectivity index (χ3v) is 9.55. The van der Waals surface area contributed by atoms with Gasteiger partial charge in [-0.1, -0.05) is 134 Å². The number of hydrogen-bond donors (Lipinski definition) is 0. The van der Waals surface area contributed by atoms with Crippen molar-refractivity contribution >= 4 is 0 Å². The third-order valence-electron chi connectivity index (χ3n) is 9.55. The Hall–Kier alpha value is -6.00. The lowest BCUT2D eigenvalue weighted by atomic mass is 9.67. The molecule has 254 valence electrons. The third kappa shape index (κ3) is 6.41. The van der Waals surface area contributed by atoms with Gasteiger partial charge in [-0.05, 0) is 82.6 Å². The molecule has 0 fully saturated rings. The van der Waals surface area contributed by atoms with Crippen molar-refractivity contribution in [3.8, 4) is 44.9 Å². The maximum Gasteiger partial charge on any atom is 0.129 e. The topological polar surface area (TPSA) is 36.9 Å². The van der Waals surface area contributed by atoms with Crippen LogP contribution in [-0.4, -0.2) is 25.4 Å². The zero-order valence-electron chi connectivity index (χ0n) is 29.1. The first kappa shape index (κ1) is 33.5. The Labute approximate surface area is 301 Å². The minimum absolute atomic E-state index is 0.144. The lowest BCUT2D eigenvalue weighted by Crippen LogP contribution is -2.29. The minimum atomic E-state index is -0.643. The SMILES string of the molecule is C=COC(C)COc1ccc(C2(c3ccc(OCC(C)OC=C)c(-c4ccccc4)c3)c3ccccc3-c3ccccc32)cc1-c1ccccc1. The summed E-state index contributed by atoms with van der Waals surface area (Å²) in [6.45, 7) is 12.2. The van der Waals surface area contributed by atoms with E-state index in [4.69, 9.17) is 18.9 Å². The van der Waals surface area contributed by atoms with Gasteiger partial charge in [-0.3, -0.25) is 0 Å². The maximum absolute atomic E-state index is 6.45. The van der Waals surface area contributed by atoms with Crippen LogP contribution in [0.3, 0.4) is 0 Å². The summed E-state index contributed by atoms with van der Waals surface area (Å²) in [5, 5.41) is 0. The van der Waals surface area contributed by atoms with E-state index in [0.29, 0.717) is 13.2 Å². The minimum Gasteiger partial charge on any atom is -0.495 e. The molecular formula is C47H42O4. The van der Waals surface area contributed by atoms with E-state index in [2.05, 4.69) is 147 Å². The quantitative estimate of drug-likeness (QED) is 0.108. The molecule has 6 aromatic carbocycles. The average Bonchev–Trinajstić information content (AvgIpc) is 3.48. The standard InChI is InChI=1S/C47H42O4/c1-5-48-33(3)31-50-45-27-25-37(29-41(45)35-17-9-7-10-18-35)47(43-23-15-13-21-39(43)40-22-14-16-24-44(40)47)38-26-28-46(51-32-34(4)49-6-2)42(30-38)36-19-11-8-12-20-36/h5-30,33-34H,1-2,31-32H2,3-4H3. The van der Waals surface area contributed by atoms with Crippen LogP contribution in [-0.2, 0) is 14.9 Å². The Kier molecular flexibility index (Phi) is 9.76. The molecule has 2 atom stereocenters. The Morgan fingerprint density at radius 1 is 0.490 bits per heavy atom. The molecule has 0 bridgehead atoms. The second-order valence-corrected chi connectivity index (χ2v) is 12.8. The number of rotatable bonds is 14. The predicted molar refractivity (Wildman–Crippen MR) is 207 cm³/mol. The Balaban J connectivity index is 1.48. The molecule has 0 heterocycles.